The van der Waals surface area contributed by atoms with Gasteiger partial charge >= 0.3 is 6.18 Å². The van der Waals surface area contributed by atoms with E-state index < -0.39 is 11.7 Å². The Kier molecular flexibility index (Phi) is 2.33. The van der Waals surface area contributed by atoms with Gasteiger partial charge < -0.3 is 5.32 Å². The van der Waals surface area contributed by atoms with E-state index in [1.54, 1.807) is 10.7 Å². The molecule has 0 unspecified atom stereocenters. The Morgan fingerprint density at radius 3 is 2.72 bits per heavy atom. The van der Waals surface area contributed by atoms with Gasteiger partial charge in [0.2, 0.25) is 0 Å². The predicted octanol–water partition coefficient (Wildman–Crippen LogP) is 2.99. The third-order valence-corrected chi connectivity index (χ3v) is 2.98. The summed E-state index contributed by atoms with van der Waals surface area (Å²) >= 11 is 0. The second-order valence-corrected chi connectivity index (χ2v) is 4.10. The maximum absolute atomic E-state index is 12.9. The molecule has 0 amide bonds. The molecule has 2 heterocycles. The molecular weight excluding hydrogens is 243 g/mol. The van der Waals surface area contributed by atoms with Gasteiger partial charge in [-0.3, -0.25) is 0 Å². The SMILES string of the molecule is FC(F)(F)c1ccccc1-c1cnn2c1NCC2. The molecule has 0 radical (unpaired) electrons. The molecule has 0 atom stereocenters. The van der Waals surface area contributed by atoms with Crippen molar-refractivity contribution >= 4 is 5.82 Å². The normalized spacial score (nSPS) is 14.4. The highest BCUT2D eigenvalue weighted by Crippen LogP contribution is 2.39. The summed E-state index contributed by atoms with van der Waals surface area (Å²) in [4.78, 5) is 0. The van der Waals surface area contributed by atoms with Gasteiger partial charge in [-0.1, -0.05) is 18.2 Å². The molecule has 0 bridgehead atoms. The Morgan fingerprint density at radius 1 is 1.17 bits per heavy atom. The van der Waals surface area contributed by atoms with Gasteiger partial charge in [-0.2, -0.15) is 18.3 Å². The zero-order chi connectivity index (χ0) is 12.8. The Balaban J connectivity index is 2.17. The van der Waals surface area contributed by atoms with Gasteiger partial charge in [0, 0.05) is 12.1 Å². The highest BCUT2D eigenvalue weighted by Gasteiger charge is 2.34. The predicted molar refractivity (Wildman–Crippen MR) is 61.2 cm³/mol. The first-order valence-electron chi connectivity index (χ1n) is 5.53. The van der Waals surface area contributed by atoms with Crippen molar-refractivity contribution in [1.82, 2.24) is 9.78 Å². The van der Waals surface area contributed by atoms with Crippen LogP contribution < -0.4 is 5.32 Å². The maximum Gasteiger partial charge on any atom is 0.417 e. The van der Waals surface area contributed by atoms with Crippen molar-refractivity contribution in [2.24, 2.45) is 0 Å². The first-order valence-corrected chi connectivity index (χ1v) is 5.53. The van der Waals surface area contributed by atoms with Crippen LogP contribution in [0.5, 0.6) is 0 Å². The minimum Gasteiger partial charge on any atom is -0.368 e. The lowest BCUT2D eigenvalue weighted by Crippen LogP contribution is -2.07. The van der Waals surface area contributed by atoms with E-state index >= 15 is 0 Å². The number of anilines is 1. The minimum absolute atomic E-state index is 0.167. The van der Waals surface area contributed by atoms with Gasteiger partial charge in [0.05, 0.1) is 18.3 Å². The van der Waals surface area contributed by atoms with E-state index in [9.17, 15) is 13.2 Å². The first-order chi connectivity index (χ1) is 8.57. The van der Waals surface area contributed by atoms with Gasteiger partial charge in [0.1, 0.15) is 5.82 Å². The molecule has 0 spiro atoms. The quantitative estimate of drug-likeness (QED) is 0.846. The second-order valence-electron chi connectivity index (χ2n) is 4.10. The van der Waals surface area contributed by atoms with Crippen LogP contribution in [0.2, 0.25) is 0 Å². The van der Waals surface area contributed by atoms with Crippen LogP contribution in [0.4, 0.5) is 19.0 Å². The molecule has 2 aromatic rings. The fourth-order valence-electron chi connectivity index (χ4n) is 2.18. The van der Waals surface area contributed by atoms with Crippen molar-refractivity contribution in [2.75, 3.05) is 11.9 Å². The van der Waals surface area contributed by atoms with E-state index in [1.165, 1.54) is 18.3 Å². The van der Waals surface area contributed by atoms with E-state index in [0.717, 1.165) is 6.07 Å². The number of hydrogen-bond acceptors (Lipinski definition) is 2. The number of nitrogens with one attached hydrogen (secondary N) is 1. The molecule has 3 rings (SSSR count). The summed E-state index contributed by atoms with van der Waals surface area (Å²) in [7, 11) is 0. The minimum atomic E-state index is -4.36. The van der Waals surface area contributed by atoms with Crippen molar-refractivity contribution in [3.05, 3.63) is 36.0 Å². The molecule has 0 saturated heterocycles. The fourth-order valence-corrected chi connectivity index (χ4v) is 2.18. The zero-order valence-corrected chi connectivity index (χ0v) is 9.33. The van der Waals surface area contributed by atoms with E-state index in [4.69, 9.17) is 0 Å². The summed E-state index contributed by atoms with van der Waals surface area (Å²) in [6.45, 7) is 1.38. The molecule has 1 aromatic heterocycles. The van der Waals surface area contributed by atoms with E-state index in [1.807, 2.05) is 0 Å². The Hall–Kier alpha value is -1.98. The highest BCUT2D eigenvalue weighted by atomic mass is 19.4. The maximum atomic E-state index is 12.9. The molecule has 0 aliphatic carbocycles. The fraction of sp³-hybridized carbons (Fsp3) is 0.250. The molecule has 6 heteroatoms. The third-order valence-electron chi connectivity index (χ3n) is 2.98. The van der Waals surface area contributed by atoms with Crippen LogP contribution in [-0.4, -0.2) is 16.3 Å². The molecular formula is C12H10F3N3. The Labute approximate surface area is 101 Å². The van der Waals surface area contributed by atoms with Crippen LogP contribution in [0.3, 0.4) is 0 Å². The number of hydrogen-bond donors (Lipinski definition) is 1. The van der Waals surface area contributed by atoms with Crippen LogP contribution in [-0.2, 0) is 12.7 Å². The van der Waals surface area contributed by atoms with Gasteiger partial charge in [0.25, 0.3) is 0 Å². The van der Waals surface area contributed by atoms with Crippen molar-refractivity contribution in [3.63, 3.8) is 0 Å². The molecule has 1 aliphatic heterocycles. The molecule has 94 valence electrons. The molecule has 18 heavy (non-hydrogen) atoms. The average molecular weight is 253 g/mol. The molecule has 1 aliphatic rings. The lowest BCUT2D eigenvalue weighted by Gasteiger charge is -2.12. The Morgan fingerprint density at radius 2 is 1.94 bits per heavy atom. The van der Waals surface area contributed by atoms with Crippen LogP contribution in [0, 0.1) is 0 Å². The molecule has 0 saturated carbocycles. The van der Waals surface area contributed by atoms with Crippen LogP contribution >= 0.6 is 0 Å². The number of benzene rings is 1. The average Bonchev–Trinajstić information content (AvgIpc) is 2.89. The summed E-state index contributed by atoms with van der Waals surface area (Å²) in [5.74, 6) is 0.659. The molecule has 1 aromatic carbocycles. The summed E-state index contributed by atoms with van der Waals surface area (Å²) in [6, 6.07) is 5.56. The van der Waals surface area contributed by atoms with Crippen molar-refractivity contribution in [2.45, 2.75) is 12.7 Å². The highest BCUT2D eigenvalue weighted by molar-refractivity contribution is 5.78. The van der Waals surface area contributed by atoms with Crippen molar-refractivity contribution in [1.29, 1.82) is 0 Å². The smallest absolute Gasteiger partial charge is 0.368 e. The molecule has 0 fully saturated rings. The third kappa shape index (κ3) is 1.64. The van der Waals surface area contributed by atoms with Crippen LogP contribution in [0.15, 0.2) is 30.5 Å². The number of halogens is 3. The summed E-state index contributed by atoms with van der Waals surface area (Å²) < 4.78 is 40.5. The van der Waals surface area contributed by atoms with Crippen LogP contribution in [0.1, 0.15) is 5.56 Å². The van der Waals surface area contributed by atoms with E-state index in [-0.39, 0.29) is 5.56 Å². The van der Waals surface area contributed by atoms with Gasteiger partial charge in [-0.25, -0.2) is 4.68 Å². The van der Waals surface area contributed by atoms with Crippen molar-refractivity contribution < 1.29 is 13.2 Å². The van der Waals surface area contributed by atoms with Gasteiger partial charge in [0.15, 0.2) is 0 Å². The summed E-state index contributed by atoms with van der Waals surface area (Å²) in [6.07, 6.45) is -2.88. The Bertz CT molecular complexity index is 586. The number of nitrogens with zero attached hydrogens (tertiary/aromatic N) is 2. The van der Waals surface area contributed by atoms with Crippen LogP contribution in [0.25, 0.3) is 11.1 Å². The van der Waals surface area contributed by atoms with E-state index in [2.05, 4.69) is 10.4 Å². The second kappa shape index (κ2) is 3.76. The zero-order valence-electron chi connectivity index (χ0n) is 9.33. The molecule has 3 nitrogen and oxygen atoms in total. The number of aromatic nitrogens is 2. The summed E-state index contributed by atoms with van der Waals surface area (Å²) in [5.41, 5.74) is 0.0376. The number of alkyl halides is 3. The lowest BCUT2D eigenvalue weighted by molar-refractivity contribution is -0.137. The van der Waals surface area contributed by atoms with Crippen molar-refractivity contribution in [3.8, 4) is 11.1 Å². The monoisotopic (exact) mass is 253 g/mol. The standard InChI is InChI=1S/C12H10F3N3/c13-12(14,15)10-4-2-1-3-8(10)9-7-17-18-6-5-16-11(9)18/h1-4,7,16H,5-6H2. The summed E-state index contributed by atoms with van der Waals surface area (Å²) in [5, 5.41) is 7.14. The number of rotatable bonds is 1. The largest absolute Gasteiger partial charge is 0.417 e. The van der Waals surface area contributed by atoms with Gasteiger partial charge in [-0.15, -0.1) is 0 Å². The lowest BCUT2D eigenvalue weighted by atomic mass is 10.0. The van der Waals surface area contributed by atoms with Gasteiger partial charge in [-0.05, 0) is 11.6 Å². The first kappa shape index (κ1) is 11.1. The van der Waals surface area contributed by atoms with E-state index in [0.29, 0.717) is 24.5 Å². The topological polar surface area (TPSA) is 29.9 Å². The number of fused-ring (bicyclic) bond motifs is 1. The molecule has 1 N–H and O–H groups in total.